The first-order valence-electron chi connectivity index (χ1n) is 5.62. The highest BCUT2D eigenvalue weighted by atomic mass is 16.7. The van der Waals surface area contributed by atoms with Gasteiger partial charge in [-0.15, -0.1) is 0 Å². The fourth-order valence-electron chi connectivity index (χ4n) is 1.84. The summed E-state index contributed by atoms with van der Waals surface area (Å²) in [6.45, 7) is 0.626. The second kappa shape index (κ2) is 5.66. The Morgan fingerprint density at radius 3 is 2.47 bits per heavy atom. The lowest BCUT2D eigenvalue weighted by Gasteiger charge is -2.16. The fourth-order valence-corrected chi connectivity index (χ4v) is 1.84. The quantitative estimate of drug-likeness (QED) is 0.803. The third kappa shape index (κ3) is 2.75. The molecule has 0 amide bonds. The van der Waals surface area contributed by atoms with Gasteiger partial charge in [0.1, 0.15) is 0 Å². The molecular weight excluding hydrogens is 214 g/mol. The molecule has 2 aromatic rings. The van der Waals surface area contributed by atoms with Gasteiger partial charge in [-0.1, -0.05) is 36.4 Å². The molecule has 3 heteroatoms. The topological polar surface area (TPSA) is 30.5 Å². The lowest BCUT2D eigenvalue weighted by Crippen LogP contribution is -2.23. The molecular formula is C14H17NO2. The van der Waals surface area contributed by atoms with E-state index in [0.29, 0.717) is 6.54 Å². The molecule has 0 aromatic heterocycles. The summed E-state index contributed by atoms with van der Waals surface area (Å²) < 4.78 is 10.3. The summed E-state index contributed by atoms with van der Waals surface area (Å²) >= 11 is 0. The molecule has 1 N–H and O–H groups in total. The van der Waals surface area contributed by atoms with E-state index in [0.717, 1.165) is 5.69 Å². The molecule has 0 unspecified atom stereocenters. The fraction of sp³-hybridized carbons (Fsp3) is 0.286. The van der Waals surface area contributed by atoms with Crippen LogP contribution in [-0.2, 0) is 9.47 Å². The normalized spacial score (nSPS) is 11.0. The number of benzene rings is 2. The minimum atomic E-state index is -0.228. The molecule has 2 aromatic carbocycles. The van der Waals surface area contributed by atoms with Crippen LogP contribution in [0.15, 0.2) is 42.5 Å². The number of methoxy groups -OCH3 is 2. The zero-order chi connectivity index (χ0) is 12.1. The molecule has 0 saturated carbocycles. The van der Waals surface area contributed by atoms with Crippen LogP contribution in [0.25, 0.3) is 10.8 Å². The van der Waals surface area contributed by atoms with E-state index < -0.39 is 0 Å². The molecule has 0 aliphatic rings. The van der Waals surface area contributed by atoms with Gasteiger partial charge in [-0.05, 0) is 11.5 Å². The number of anilines is 1. The van der Waals surface area contributed by atoms with Gasteiger partial charge in [-0.2, -0.15) is 0 Å². The molecule has 3 nitrogen and oxygen atoms in total. The van der Waals surface area contributed by atoms with Crippen molar-refractivity contribution in [3.8, 4) is 0 Å². The Kier molecular flexibility index (Phi) is 3.96. The zero-order valence-corrected chi connectivity index (χ0v) is 10.1. The maximum Gasteiger partial charge on any atom is 0.173 e. The van der Waals surface area contributed by atoms with Gasteiger partial charge in [-0.3, -0.25) is 0 Å². The van der Waals surface area contributed by atoms with Gasteiger partial charge < -0.3 is 14.8 Å². The zero-order valence-electron chi connectivity index (χ0n) is 10.1. The number of hydrogen-bond acceptors (Lipinski definition) is 3. The Morgan fingerprint density at radius 2 is 1.71 bits per heavy atom. The van der Waals surface area contributed by atoms with E-state index in [1.807, 2.05) is 18.2 Å². The highest BCUT2D eigenvalue weighted by Crippen LogP contribution is 2.22. The van der Waals surface area contributed by atoms with Crippen LogP contribution in [0.2, 0.25) is 0 Å². The number of fused-ring (bicyclic) bond motifs is 1. The van der Waals surface area contributed by atoms with Crippen LogP contribution in [0.3, 0.4) is 0 Å². The van der Waals surface area contributed by atoms with Crippen molar-refractivity contribution in [1.29, 1.82) is 0 Å². The Hall–Kier alpha value is -1.58. The molecule has 0 heterocycles. The Bertz CT molecular complexity index is 475. The molecule has 0 bridgehead atoms. The predicted octanol–water partition coefficient (Wildman–Crippen LogP) is 2.87. The summed E-state index contributed by atoms with van der Waals surface area (Å²) in [6.07, 6.45) is -0.228. The van der Waals surface area contributed by atoms with Crippen molar-refractivity contribution in [3.05, 3.63) is 42.5 Å². The predicted molar refractivity (Wildman–Crippen MR) is 70.2 cm³/mol. The molecule has 0 spiro atoms. The van der Waals surface area contributed by atoms with Crippen LogP contribution in [-0.4, -0.2) is 27.1 Å². The first-order valence-corrected chi connectivity index (χ1v) is 5.62. The van der Waals surface area contributed by atoms with Crippen molar-refractivity contribution < 1.29 is 9.47 Å². The molecule has 0 aliphatic heterocycles. The van der Waals surface area contributed by atoms with Crippen molar-refractivity contribution in [2.24, 2.45) is 0 Å². The molecule has 0 aliphatic carbocycles. The van der Waals surface area contributed by atoms with Crippen LogP contribution in [0.5, 0.6) is 0 Å². The van der Waals surface area contributed by atoms with Crippen LogP contribution < -0.4 is 5.32 Å². The number of rotatable bonds is 5. The van der Waals surface area contributed by atoms with Crippen LogP contribution >= 0.6 is 0 Å². The maximum absolute atomic E-state index is 5.15. The summed E-state index contributed by atoms with van der Waals surface area (Å²) in [7, 11) is 3.28. The van der Waals surface area contributed by atoms with Crippen molar-refractivity contribution in [2.45, 2.75) is 6.29 Å². The van der Waals surface area contributed by atoms with Gasteiger partial charge in [0.15, 0.2) is 6.29 Å². The largest absolute Gasteiger partial charge is 0.379 e. The molecule has 0 atom stereocenters. The minimum absolute atomic E-state index is 0.228. The SMILES string of the molecule is COC(CNc1cccc2ccccc12)OC. The minimum Gasteiger partial charge on any atom is -0.379 e. The van der Waals surface area contributed by atoms with Crippen molar-refractivity contribution in [1.82, 2.24) is 0 Å². The average Bonchev–Trinajstić information content (AvgIpc) is 2.40. The molecule has 90 valence electrons. The monoisotopic (exact) mass is 231 g/mol. The first-order chi connectivity index (χ1) is 8.35. The van der Waals surface area contributed by atoms with Crippen LogP contribution in [0, 0.1) is 0 Å². The third-order valence-electron chi connectivity index (χ3n) is 2.77. The van der Waals surface area contributed by atoms with Crippen molar-refractivity contribution in [2.75, 3.05) is 26.1 Å². The van der Waals surface area contributed by atoms with Crippen LogP contribution in [0.1, 0.15) is 0 Å². The number of hydrogen-bond donors (Lipinski definition) is 1. The van der Waals surface area contributed by atoms with Gasteiger partial charge in [-0.25, -0.2) is 0 Å². The Labute approximate surface area is 101 Å². The van der Waals surface area contributed by atoms with Gasteiger partial charge >= 0.3 is 0 Å². The van der Waals surface area contributed by atoms with E-state index in [9.17, 15) is 0 Å². The number of nitrogens with one attached hydrogen (secondary N) is 1. The van der Waals surface area contributed by atoms with E-state index in [-0.39, 0.29) is 6.29 Å². The highest BCUT2D eigenvalue weighted by molar-refractivity contribution is 5.93. The smallest absolute Gasteiger partial charge is 0.173 e. The molecule has 17 heavy (non-hydrogen) atoms. The molecule has 2 rings (SSSR count). The Balaban J connectivity index is 2.18. The third-order valence-corrected chi connectivity index (χ3v) is 2.77. The van der Waals surface area contributed by atoms with Gasteiger partial charge in [0.25, 0.3) is 0 Å². The van der Waals surface area contributed by atoms with E-state index in [4.69, 9.17) is 9.47 Å². The molecule has 0 radical (unpaired) electrons. The van der Waals surface area contributed by atoms with E-state index in [1.165, 1.54) is 10.8 Å². The van der Waals surface area contributed by atoms with E-state index >= 15 is 0 Å². The van der Waals surface area contributed by atoms with Crippen molar-refractivity contribution >= 4 is 16.5 Å². The van der Waals surface area contributed by atoms with Crippen molar-refractivity contribution in [3.63, 3.8) is 0 Å². The maximum atomic E-state index is 5.15. The summed E-state index contributed by atoms with van der Waals surface area (Å²) in [5, 5.41) is 5.77. The summed E-state index contributed by atoms with van der Waals surface area (Å²) in [6, 6.07) is 14.5. The summed E-state index contributed by atoms with van der Waals surface area (Å²) in [4.78, 5) is 0. The van der Waals surface area contributed by atoms with Gasteiger partial charge in [0.05, 0.1) is 6.54 Å². The van der Waals surface area contributed by atoms with E-state index in [1.54, 1.807) is 14.2 Å². The van der Waals surface area contributed by atoms with E-state index in [2.05, 4.69) is 29.6 Å². The van der Waals surface area contributed by atoms with Gasteiger partial charge in [0.2, 0.25) is 0 Å². The first kappa shape index (κ1) is 11.9. The molecule has 0 fully saturated rings. The van der Waals surface area contributed by atoms with Gasteiger partial charge in [0, 0.05) is 25.3 Å². The second-order valence-electron chi connectivity index (χ2n) is 3.81. The highest BCUT2D eigenvalue weighted by Gasteiger charge is 2.05. The lowest BCUT2D eigenvalue weighted by molar-refractivity contribution is -0.0913. The standard InChI is InChI=1S/C14H17NO2/c1-16-14(17-2)10-15-13-9-5-7-11-6-3-4-8-12(11)13/h3-9,14-15H,10H2,1-2H3. The Morgan fingerprint density at radius 1 is 1.00 bits per heavy atom. The van der Waals surface area contributed by atoms with Crippen LogP contribution in [0.4, 0.5) is 5.69 Å². The summed E-state index contributed by atoms with van der Waals surface area (Å²) in [5.41, 5.74) is 1.10. The molecule has 0 saturated heterocycles. The average molecular weight is 231 g/mol. The second-order valence-corrected chi connectivity index (χ2v) is 3.81. The summed E-state index contributed by atoms with van der Waals surface area (Å²) in [5.74, 6) is 0. The number of ether oxygens (including phenoxy) is 2. The lowest BCUT2D eigenvalue weighted by atomic mass is 10.1.